The van der Waals surface area contributed by atoms with Crippen LogP contribution in [-0.4, -0.2) is 17.9 Å². The van der Waals surface area contributed by atoms with E-state index in [1.54, 1.807) is 6.07 Å². The summed E-state index contributed by atoms with van der Waals surface area (Å²) in [5.41, 5.74) is 4.11. The number of nitrogens with two attached hydrogens (primary N) is 1. The predicted molar refractivity (Wildman–Crippen MR) is 70.3 cm³/mol. The summed E-state index contributed by atoms with van der Waals surface area (Å²) in [7, 11) is 0. The molecule has 1 aromatic rings. The molecule has 0 aromatic heterocycles. The lowest BCUT2D eigenvalue weighted by atomic mass is 9.88. The monoisotopic (exact) mass is 291 g/mol. The Morgan fingerprint density at radius 1 is 1.37 bits per heavy atom. The molecule has 1 aromatic carbocycles. The Bertz CT molecular complexity index is 436. The third-order valence-corrected chi connectivity index (χ3v) is 3.79. The number of benzene rings is 1. The Morgan fingerprint density at radius 2 is 2.16 bits per heavy atom. The fraction of sp³-hybridized carbons (Fsp3) is 0.538. The van der Waals surface area contributed by atoms with Crippen LogP contribution in [0.2, 0.25) is 0 Å². The number of hydrogen-bond acceptors (Lipinski definition) is 3. The number of hydrogen-bond donors (Lipinski definition) is 1. The highest BCUT2D eigenvalue weighted by molar-refractivity contribution is 8.00. The van der Waals surface area contributed by atoms with Crippen LogP contribution in [0.1, 0.15) is 30.0 Å². The van der Waals surface area contributed by atoms with Crippen molar-refractivity contribution in [2.75, 3.05) is 12.4 Å². The van der Waals surface area contributed by atoms with Crippen LogP contribution in [-0.2, 0) is 6.42 Å². The topological polar surface area (TPSA) is 35.2 Å². The first-order valence-corrected chi connectivity index (χ1v) is 7.16. The number of alkyl halides is 3. The van der Waals surface area contributed by atoms with Crippen molar-refractivity contribution in [3.63, 3.8) is 0 Å². The van der Waals surface area contributed by atoms with Gasteiger partial charge in [-0.3, -0.25) is 0 Å². The first-order chi connectivity index (χ1) is 8.96. The molecule has 0 spiro atoms. The zero-order chi connectivity index (χ0) is 13.9. The quantitative estimate of drug-likeness (QED) is 0.860. The zero-order valence-electron chi connectivity index (χ0n) is 10.4. The van der Waals surface area contributed by atoms with Crippen LogP contribution in [0.3, 0.4) is 0 Å². The Kier molecular flexibility index (Phi) is 4.62. The largest absolute Gasteiger partial charge is 0.493 e. The molecule has 2 N–H and O–H groups in total. The van der Waals surface area contributed by atoms with Crippen molar-refractivity contribution in [2.45, 2.75) is 30.8 Å². The summed E-state index contributed by atoms with van der Waals surface area (Å²) in [4.78, 5) is 0. The van der Waals surface area contributed by atoms with Crippen molar-refractivity contribution < 1.29 is 17.9 Å². The minimum absolute atomic E-state index is 0.0110. The van der Waals surface area contributed by atoms with Crippen LogP contribution < -0.4 is 10.5 Å². The molecule has 1 aliphatic carbocycles. The third kappa shape index (κ3) is 4.31. The van der Waals surface area contributed by atoms with E-state index in [2.05, 4.69) is 0 Å². The molecule has 106 valence electrons. The van der Waals surface area contributed by atoms with E-state index in [9.17, 15) is 13.2 Å². The maximum atomic E-state index is 11.9. The van der Waals surface area contributed by atoms with Gasteiger partial charge in [0.1, 0.15) is 5.75 Å². The molecule has 0 radical (unpaired) electrons. The lowest BCUT2D eigenvalue weighted by molar-refractivity contribution is -0.0329. The molecule has 0 saturated heterocycles. The SMILES string of the molecule is N[C@@H]1CCCc2ccc(OCCSC(F)(F)F)cc21. The van der Waals surface area contributed by atoms with Crippen LogP contribution in [0.25, 0.3) is 0 Å². The summed E-state index contributed by atoms with van der Waals surface area (Å²) < 4.78 is 41.2. The lowest BCUT2D eigenvalue weighted by Gasteiger charge is -2.22. The zero-order valence-corrected chi connectivity index (χ0v) is 11.2. The molecule has 1 aliphatic rings. The van der Waals surface area contributed by atoms with E-state index < -0.39 is 5.51 Å². The standard InChI is InChI=1S/C13H16F3NOS/c14-13(15,16)19-7-6-18-10-5-4-9-2-1-3-12(17)11(9)8-10/h4-5,8,12H,1-3,6-7,17H2/t12-/m1/s1. The Morgan fingerprint density at radius 3 is 2.89 bits per heavy atom. The van der Waals surface area contributed by atoms with Gasteiger partial charge in [0.2, 0.25) is 0 Å². The van der Waals surface area contributed by atoms with Crippen molar-refractivity contribution in [2.24, 2.45) is 5.73 Å². The second-order valence-corrected chi connectivity index (χ2v) is 5.66. The fourth-order valence-corrected chi connectivity index (χ4v) is 2.62. The van der Waals surface area contributed by atoms with E-state index in [1.807, 2.05) is 12.1 Å². The maximum Gasteiger partial charge on any atom is 0.441 e. The summed E-state index contributed by atoms with van der Waals surface area (Å²) in [6.07, 6.45) is 3.03. The van der Waals surface area contributed by atoms with E-state index >= 15 is 0 Å². The third-order valence-electron chi connectivity index (χ3n) is 3.10. The minimum atomic E-state index is -4.19. The molecule has 1 atom stereocenters. The van der Waals surface area contributed by atoms with E-state index in [0.29, 0.717) is 5.75 Å². The molecular weight excluding hydrogens is 275 g/mol. The summed E-state index contributed by atoms with van der Waals surface area (Å²) in [6.45, 7) is 0.0399. The van der Waals surface area contributed by atoms with Crippen molar-refractivity contribution in [1.29, 1.82) is 0 Å². The number of halogens is 3. The van der Waals surface area contributed by atoms with Gasteiger partial charge >= 0.3 is 5.51 Å². The highest BCUT2D eigenvalue weighted by Crippen LogP contribution is 2.32. The number of thioether (sulfide) groups is 1. The van der Waals surface area contributed by atoms with Gasteiger partial charge in [-0.1, -0.05) is 6.07 Å². The van der Waals surface area contributed by atoms with Crippen LogP contribution in [0, 0.1) is 0 Å². The van der Waals surface area contributed by atoms with E-state index in [4.69, 9.17) is 10.5 Å². The van der Waals surface area contributed by atoms with E-state index in [1.165, 1.54) is 5.56 Å². The number of rotatable bonds is 4. The van der Waals surface area contributed by atoms with Crippen LogP contribution in [0.15, 0.2) is 18.2 Å². The second kappa shape index (κ2) is 6.05. The summed E-state index contributed by atoms with van der Waals surface area (Å²) in [5, 5.41) is 0. The molecule has 6 heteroatoms. The Labute approximate surface area is 114 Å². The molecular formula is C13H16F3NOS. The summed E-state index contributed by atoms with van der Waals surface area (Å²) in [5.74, 6) is 0.492. The number of aryl methyl sites for hydroxylation is 1. The van der Waals surface area contributed by atoms with Crippen molar-refractivity contribution >= 4 is 11.8 Å². The van der Waals surface area contributed by atoms with Gasteiger partial charge in [-0.15, -0.1) is 0 Å². The van der Waals surface area contributed by atoms with Crippen molar-refractivity contribution in [1.82, 2.24) is 0 Å². The fourth-order valence-electron chi connectivity index (χ4n) is 2.22. The van der Waals surface area contributed by atoms with Crippen molar-refractivity contribution in [3.8, 4) is 5.75 Å². The number of fused-ring (bicyclic) bond motifs is 1. The summed E-state index contributed by atoms with van der Waals surface area (Å²) >= 11 is -0.0675. The summed E-state index contributed by atoms with van der Waals surface area (Å²) in [6, 6.07) is 5.63. The highest BCUT2D eigenvalue weighted by Gasteiger charge is 2.27. The maximum absolute atomic E-state index is 11.9. The smallest absolute Gasteiger partial charge is 0.441 e. The minimum Gasteiger partial charge on any atom is -0.493 e. The van der Waals surface area contributed by atoms with Gasteiger partial charge in [0.25, 0.3) is 0 Å². The second-order valence-electron chi connectivity index (χ2n) is 4.50. The van der Waals surface area contributed by atoms with Gasteiger partial charge in [-0.2, -0.15) is 13.2 Å². The average molecular weight is 291 g/mol. The Hall–Kier alpha value is -0.880. The molecule has 0 unspecified atom stereocenters. The van der Waals surface area contributed by atoms with Crippen LogP contribution >= 0.6 is 11.8 Å². The predicted octanol–water partition coefficient (Wildman–Crippen LogP) is 3.65. The molecule has 2 nitrogen and oxygen atoms in total. The Balaban J connectivity index is 1.89. The van der Waals surface area contributed by atoms with Crippen LogP contribution in [0.5, 0.6) is 5.75 Å². The van der Waals surface area contributed by atoms with Gasteiger partial charge in [0, 0.05) is 11.8 Å². The van der Waals surface area contributed by atoms with Gasteiger partial charge < -0.3 is 10.5 Å². The molecule has 0 amide bonds. The molecule has 2 rings (SSSR count). The average Bonchev–Trinajstić information content (AvgIpc) is 2.34. The normalized spacial score (nSPS) is 19.1. The molecule has 0 saturated carbocycles. The molecule has 0 fully saturated rings. The van der Waals surface area contributed by atoms with Crippen LogP contribution in [0.4, 0.5) is 13.2 Å². The first-order valence-electron chi connectivity index (χ1n) is 6.17. The molecule has 0 bridgehead atoms. The molecule has 19 heavy (non-hydrogen) atoms. The molecule has 0 heterocycles. The molecule has 0 aliphatic heterocycles. The van der Waals surface area contributed by atoms with E-state index in [0.717, 1.165) is 24.8 Å². The van der Waals surface area contributed by atoms with E-state index in [-0.39, 0.29) is 30.2 Å². The first kappa shape index (κ1) is 14.5. The van der Waals surface area contributed by atoms with Gasteiger partial charge in [0.15, 0.2) is 0 Å². The van der Waals surface area contributed by atoms with Gasteiger partial charge in [0.05, 0.1) is 6.61 Å². The van der Waals surface area contributed by atoms with Gasteiger partial charge in [-0.05, 0) is 54.3 Å². The lowest BCUT2D eigenvalue weighted by Crippen LogP contribution is -2.17. The van der Waals surface area contributed by atoms with Crippen molar-refractivity contribution in [3.05, 3.63) is 29.3 Å². The highest BCUT2D eigenvalue weighted by atomic mass is 32.2. The number of ether oxygens (including phenoxy) is 1. The van der Waals surface area contributed by atoms with Gasteiger partial charge in [-0.25, -0.2) is 0 Å².